The summed E-state index contributed by atoms with van der Waals surface area (Å²) in [6.45, 7) is 7.77. The van der Waals surface area contributed by atoms with Crippen LogP contribution in [0.2, 0.25) is 0 Å². The third-order valence-corrected chi connectivity index (χ3v) is 2.14. The lowest BCUT2D eigenvalue weighted by Gasteiger charge is -2.06. The summed E-state index contributed by atoms with van der Waals surface area (Å²) in [7, 11) is 0. The molecule has 0 radical (unpaired) electrons. The van der Waals surface area contributed by atoms with Crippen LogP contribution in [0, 0.1) is 5.92 Å². The summed E-state index contributed by atoms with van der Waals surface area (Å²) in [5.74, 6) is 0.725. The molecule has 2 N–H and O–H groups in total. The highest BCUT2D eigenvalue weighted by Crippen LogP contribution is 1.98. The van der Waals surface area contributed by atoms with Crippen LogP contribution in [0.1, 0.15) is 26.0 Å². The molecule has 15 heavy (non-hydrogen) atoms. The first-order chi connectivity index (χ1) is 7.29. The second-order valence-electron chi connectivity index (χ2n) is 4.05. The molecule has 0 aromatic carbocycles. The topological polar surface area (TPSA) is 49.9 Å². The molecule has 0 aliphatic heterocycles. The van der Waals surface area contributed by atoms with Crippen molar-refractivity contribution in [1.82, 2.24) is 15.5 Å². The fourth-order valence-corrected chi connectivity index (χ4v) is 1.17. The van der Waals surface area contributed by atoms with Gasteiger partial charge in [0, 0.05) is 31.6 Å². The molecule has 1 heterocycles. The number of hydrogen-bond donors (Lipinski definition) is 2. The van der Waals surface area contributed by atoms with Crippen molar-refractivity contribution < 1.29 is 4.74 Å². The number of rotatable bonds is 8. The van der Waals surface area contributed by atoms with Crippen LogP contribution >= 0.6 is 0 Å². The number of nitrogens with one attached hydrogen (secondary N) is 2. The van der Waals surface area contributed by atoms with E-state index in [4.69, 9.17) is 4.74 Å². The van der Waals surface area contributed by atoms with Gasteiger partial charge in [-0.05, 0) is 18.4 Å². The number of hydrogen-bond acceptors (Lipinski definition) is 3. The molecule has 1 rings (SSSR count). The first-order valence-electron chi connectivity index (χ1n) is 5.55. The predicted molar refractivity (Wildman–Crippen MR) is 60.6 cm³/mol. The lowest BCUT2D eigenvalue weighted by Crippen LogP contribution is -2.19. The van der Waals surface area contributed by atoms with E-state index < -0.39 is 0 Å². The molecule has 0 amide bonds. The van der Waals surface area contributed by atoms with Crippen LogP contribution in [0.3, 0.4) is 0 Å². The highest BCUT2D eigenvalue weighted by Gasteiger charge is 1.95. The Hall–Kier alpha value is -0.870. The van der Waals surface area contributed by atoms with Crippen LogP contribution in [0.25, 0.3) is 0 Å². The highest BCUT2D eigenvalue weighted by atomic mass is 16.5. The van der Waals surface area contributed by atoms with Crippen molar-refractivity contribution in [2.75, 3.05) is 19.8 Å². The zero-order chi connectivity index (χ0) is 10.9. The minimum Gasteiger partial charge on any atom is -0.380 e. The molecule has 4 heteroatoms. The van der Waals surface area contributed by atoms with Gasteiger partial charge in [-0.2, -0.15) is 5.10 Å². The molecule has 4 nitrogen and oxygen atoms in total. The Labute approximate surface area is 91.4 Å². The maximum Gasteiger partial charge on any atom is 0.0591 e. The molecule has 0 saturated carbocycles. The van der Waals surface area contributed by atoms with Gasteiger partial charge in [0.1, 0.15) is 0 Å². The Balaban J connectivity index is 1.85. The molecule has 0 saturated heterocycles. The fourth-order valence-electron chi connectivity index (χ4n) is 1.17. The summed E-state index contributed by atoms with van der Waals surface area (Å²) >= 11 is 0. The smallest absolute Gasteiger partial charge is 0.0591 e. The second-order valence-corrected chi connectivity index (χ2v) is 4.05. The predicted octanol–water partition coefficient (Wildman–Crippen LogP) is 1.56. The minimum absolute atomic E-state index is 0.725. The van der Waals surface area contributed by atoms with E-state index in [0.29, 0.717) is 0 Å². The summed E-state index contributed by atoms with van der Waals surface area (Å²) in [6.07, 6.45) is 2.90. The summed E-state index contributed by atoms with van der Waals surface area (Å²) < 4.78 is 5.48. The van der Waals surface area contributed by atoms with Gasteiger partial charge in [-0.1, -0.05) is 13.8 Å². The van der Waals surface area contributed by atoms with Gasteiger partial charge in [0.15, 0.2) is 0 Å². The monoisotopic (exact) mass is 211 g/mol. The molecule has 0 atom stereocenters. The number of H-pyrrole nitrogens is 1. The maximum atomic E-state index is 5.48. The van der Waals surface area contributed by atoms with Crippen LogP contribution in [0.5, 0.6) is 0 Å². The Morgan fingerprint density at radius 2 is 2.33 bits per heavy atom. The summed E-state index contributed by atoms with van der Waals surface area (Å²) in [4.78, 5) is 0. The standard InChI is InChI=1S/C11H21N3O/c1-10(2)4-7-15-8-6-12-9-11-3-5-13-14-11/h3,5,10,12H,4,6-9H2,1-2H3,(H,13,14). The van der Waals surface area contributed by atoms with Gasteiger partial charge in [0.05, 0.1) is 6.61 Å². The minimum atomic E-state index is 0.725. The molecule has 0 unspecified atom stereocenters. The van der Waals surface area contributed by atoms with E-state index in [1.165, 1.54) is 0 Å². The van der Waals surface area contributed by atoms with Gasteiger partial charge in [-0.3, -0.25) is 5.10 Å². The third kappa shape index (κ3) is 6.25. The Bertz CT molecular complexity index is 234. The normalized spacial score (nSPS) is 11.1. The van der Waals surface area contributed by atoms with Gasteiger partial charge >= 0.3 is 0 Å². The van der Waals surface area contributed by atoms with Gasteiger partial charge in [0.25, 0.3) is 0 Å². The van der Waals surface area contributed by atoms with Gasteiger partial charge in [-0.15, -0.1) is 0 Å². The van der Waals surface area contributed by atoms with E-state index in [2.05, 4.69) is 29.4 Å². The molecule has 86 valence electrons. The first kappa shape index (κ1) is 12.2. The number of aromatic nitrogens is 2. The molecule has 0 spiro atoms. The summed E-state index contributed by atoms with van der Waals surface area (Å²) in [6, 6.07) is 1.96. The fraction of sp³-hybridized carbons (Fsp3) is 0.727. The Kier molecular flexibility index (Phi) is 6.04. The van der Waals surface area contributed by atoms with E-state index in [9.17, 15) is 0 Å². The zero-order valence-electron chi connectivity index (χ0n) is 9.62. The van der Waals surface area contributed by atoms with E-state index in [0.717, 1.165) is 44.3 Å². The average molecular weight is 211 g/mol. The van der Waals surface area contributed by atoms with Gasteiger partial charge < -0.3 is 10.1 Å². The molecule has 1 aromatic heterocycles. The van der Waals surface area contributed by atoms with Crippen molar-refractivity contribution in [3.8, 4) is 0 Å². The number of nitrogens with zero attached hydrogens (tertiary/aromatic N) is 1. The van der Waals surface area contributed by atoms with Crippen molar-refractivity contribution in [3.63, 3.8) is 0 Å². The summed E-state index contributed by atoms with van der Waals surface area (Å²) in [5, 5.41) is 10.1. The van der Waals surface area contributed by atoms with Crippen molar-refractivity contribution in [3.05, 3.63) is 18.0 Å². The molecule has 0 bridgehead atoms. The third-order valence-electron chi connectivity index (χ3n) is 2.14. The molecular formula is C11H21N3O. The Morgan fingerprint density at radius 1 is 1.47 bits per heavy atom. The summed E-state index contributed by atoms with van der Waals surface area (Å²) in [5.41, 5.74) is 1.11. The van der Waals surface area contributed by atoms with Crippen LogP contribution in [0.15, 0.2) is 12.3 Å². The quantitative estimate of drug-likeness (QED) is 0.642. The van der Waals surface area contributed by atoms with E-state index in [1.54, 1.807) is 6.20 Å². The van der Waals surface area contributed by atoms with Crippen LogP contribution in [-0.2, 0) is 11.3 Å². The lowest BCUT2D eigenvalue weighted by molar-refractivity contribution is 0.125. The largest absolute Gasteiger partial charge is 0.380 e. The molecule has 0 aliphatic rings. The zero-order valence-corrected chi connectivity index (χ0v) is 9.62. The number of aromatic amines is 1. The lowest BCUT2D eigenvalue weighted by atomic mass is 10.1. The van der Waals surface area contributed by atoms with E-state index in [-0.39, 0.29) is 0 Å². The highest BCUT2D eigenvalue weighted by molar-refractivity contribution is 4.96. The second kappa shape index (κ2) is 7.43. The van der Waals surface area contributed by atoms with Crippen molar-refractivity contribution >= 4 is 0 Å². The van der Waals surface area contributed by atoms with Crippen LogP contribution < -0.4 is 5.32 Å². The van der Waals surface area contributed by atoms with Gasteiger partial charge in [0.2, 0.25) is 0 Å². The Morgan fingerprint density at radius 3 is 3.00 bits per heavy atom. The average Bonchev–Trinajstić information content (AvgIpc) is 2.68. The molecule has 0 aliphatic carbocycles. The van der Waals surface area contributed by atoms with Crippen molar-refractivity contribution in [2.45, 2.75) is 26.8 Å². The van der Waals surface area contributed by atoms with E-state index >= 15 is 0 Å². The van der Waals surface area contributed by atoms with Gasteiger partial charge in [-0.25, -0.2) is 0 Å². The SMILES string of the molecule is CC(C)CCOCCNCc1ccn[nH]1. The van der Waals surface area contributed by atoms with Crippen molar-refractivity contribution in [2.24, 2.45) is 5.92 Å². The number of ether oxygens (including phenoxy) is 1. The molecule has 0 fully saturated rings. The first-order valence-corrected chi connectivity index (χ1v) is 5.55. The van der Waals surface area contributed by atoms with Crippen LogP contribution in [-0.4, -0.2) is 30.0 Å². The van der Waals surface area contributed by atoms with Crippen molar-refractivity contribution in [1.29, 1.82) is 0 Å². The molecular weight excluding hydrogens is 190 g/mol. The van der Waals surface area contributed by atoms with E-state index in [1.807, 2.05) is 6.07 Å². The maximum absolute atomic E-state index is 5.48. The molecule has 1 aromatic rings. The van der Waals surface area contributed by atoms with Crippen LogP contribution in [0.4, 0.5) is 0 Å².